The predicted octanol–water partition coefficient (Wildman–Crippen LogP) is 5.04. The zero-order valence-corrected chi connectivity index (χ0v) is 16.6. The third-order valence-corrected chi connectivity index (χ3v) is 4.64. The molecule has 0 unspecified atom stereocenters. The molecule has 6 heteroatoms. The van der Waals surface area contributed by atoms with Crippen LogP contribution in [-0.2, 0) is 16.1 Å². The van der Waals surface area contributed by atoms with Crippen molar-refractivity contribution in [2.24, 2.45) is 0 Å². The lowest BCUT2D eigenvalue weighted by molar-refractivity contribution is -0.138. The number of aryl methyl sites for hydroxylation is 1. The number of furan rings is 1. The number of halogens is 1. The van der Waals surface area contributed by atoms with Gasteiger partial charge in [-0.25, -0.2) is 4.79 Å². The molecule has 0 saturated carbocycles. The van der Waals surface area contributed by atoms with E-state index in [1.165, 1.54) is 6.08 Å². The highest BCUT2D eigenvalue weighted by Crippen LogP contribution is 2.23. The molecule has 0 N–H and O–H groups in total. The Labute approximate surface area is 169 Å². The predicted molar refractivity (Wildman–Crippen MR) is 109 cm³/mol. The van der Waals surface area contributed by atoms with Crippen LogP contribution >= 0.6 is 11.6 Å². The van der Waals surface area contributed by atoms with Crippen molar-refractivity contribution in [3.8, 4) is 5.75 Å². The van der Waals surface area contributed by atoms with E-state index in [0.717, 1.165) is 22.7 Å². The number of hydrogen-bond acceptors (Lipinski definition) is 4. The maximum atomic E-state index is 11.9. The lowest BCUT2D eigenvalue weighted by Gasteiger charge is -2.07. The van der Waals surface area contributed by atoms with Crippen LogP contribution in [-0.4, -0.2) is 23.8 Å². The summed E-state index contributed by atoms with van der Waals surface area (Å²) in [5.41, 5.74) is 3.11. The van der Waals surface area contributed by atoms with Crippen LogP contribution in [0.15, 0.2) is 59.2 Å². The molecule has 2 aromatic heterocycles. The summed E-state index contributed by atoms with van der Waals surface area (Å²) < 4.78 is 18.2. The van der Waals surface area contributed by atoms with Crippen LogP contribution < -0.4 is 4.74 Å². The summed E-state index contributed by atoms with van der Waals surface area (Å²) in [6, 6.07) is 13.0. The highest BCUT2D eigenvalue weighted by atomic mass is 35.5. The van der Waals surface area contributed by atoms with Gasteiger partial charge in [-0.15, -0.1) is 0 Å². The van der Waals surface area contributed by atoms with E-state index in [4.69, 9.17) is 25.5 Å². The summed E-state index contributed by atoms with van der Waals surface area (Å²) in [4.78, 5) is 11.9. The Morgan fingerprint density at radius 3 is 2.75 bits per heavy atom. The number of para-hydroxylation sites is 1. The fraction of sp³-hybridized carbons (Fsp3) is 0.227. The molecule has 2 heterocycles. The Morgan fingerprint density at radius 2 is 2.00 bits per heavy atom. The molecule has 0 radical (unpaired) electrons. The van der Waals surface area contributed by atoms with Gasteiger partial charge >= 0.3 is 5.97 Å². The van der Waals surface area contributed by atoms with E-state index in [9.17, 15) is 4.79 Å². The largest absolute Gasteiger partial charge is 0.488 e. The van der Waals surface area contributed by atoms with E-state index >= 15 is 0 Å². The molecule has 0 saturated heterocycles. The molecule has 3 aromatic rings. The molecular formula is C22H22ClNO4. The normalized spacial score (nSPS) is 11.1. The van der Waals surface area contributed by atoms with Gasteiger partial charge in [0.25, 0.3) is 0 Å². The van der Waals surface area contributed by atoms with E-state index in [1.807, 2.05) is 44.2 Å². The number of carbonyl (C=O) groups is 1. The molecular weight excluding hydrogens is 378 g/mol. The molecule has 0 bridgehead atoms. The second-order valence-electron chi connectivity index (χ2n) is 6.27. The number of benzene rings is 1. The minimum Gasteiger partial charge on any atom is -0.488 e. The first-order valence-corrected chi connectivity index (χ1v) is 9.33. The second kappa shape index (κ2) is 9.33. The van der Waals surface area contributed by atoms with E-state index in [2.05, 4.69) is 4.57 Å². The van der Waals surface area contributed by atoms with Gasteiger partial charge in [0.2, 0.25) is 0 Å². The molecule has 0 amide bonds. The third-order valence-electron chi connectivity index (χ3n) is 4.33. The van der Waals surface area contributed by atoms with E-state index in [-0.39, 0.29) is 13.2 Å². The number of nitrogens with zero attached hydrogens (tertiary/aromatic N) is 1. The molecule has 1 aromatic carbocycles. The lowest BCUT2D eigenvalue weighted by atomic mass is 10.2. The average Bonchev–Trinajstić information content (AvgIpc) is 3.29. The Hall–Kier alpha value is -2.92. The maximum absolute atomic E-state index is 11.9. The van der Waals surface area contributed by atoms with Gasteiger partial charge in [-0.3, -0.25) is 0 Å². The van der Waals surface area contributed by atoms with E-state index < -0.39 is 5.97 Å². The van der Waals surface area contributed by atoms with Gasteiger partial charge in [-0.2, -0.15) is 0 Å². The molecule has 0 aliphatic heterocycles. The molecule has 0 aliphatic rings. The number of esters is 1. The zero-order chi connectivity index (χ0) is 19.9. The van der Waals surface area contributed by atoms with Gasteiger partial charge < -0.3 is 18.5 Å². The summed E-state index contributed by atoms with van der Waals surface area (Å²) in [5, 5.41) is 0.527. The van der Waals surface area contributed by atoms with Gasteiger partial charge in [-0.1, -0.05) is 23.7 Å². The smallest absolute Gasteiger partial charge is 0.330 e. The number of ether oxygens (including phenoxy) is 2. The van der Waals surface area contributed by atoms with Crippen LogP contribution in [0.2, 0.25) is 5.02 Å². The van der Waals surface area contributed by atoms with Crippen molar-refractivity contribution in [2.45, 2.75) is 20.4 Å². The standard InChI is InChI=1S/C22H22ClNO4/c1-16-14-18(17(2)24(16)15-19-6-5-11-26-19)9-10-22(25)28-13-12-27-21-8-4-3-7-20(21)23/h3-11,14H,12-13,15H2,1-2H3/b10-9+. The van der Waals surface area contributed by atoms with E-state index in [1.54, 1.807) is 24.5 Å². The fourth-order valence-electron chi connectivity index (χ4n) is 2.86. The topological polar surface area (TPSA) is 53.6 Å². The van der Waals surface area contributed by atoms with Crippen LogP contribution in [0.1, 0.15) is 22.7 Å². The minimum atomic E-state index is -0.418. The highest BCUT2D eigenvalue weighted by Gasteiger charge is 2.09. The summed E-state index contributed by atoms with van der Waals surface area (Å²) >= 11 is 6.01. The zero-order valence-electron chi connectivity index (χ0n) is 15.9. The fourth-order valence-corrected chi connectivity index (χ4v) is 3.05. The summed E-state index contributed by atoms with van der Waals surface area (Å²) in [7, 11) is 0. The van der Waals surface area contributed by atoms with Crippen molar-refractivity contribution in [1.82, 2.24) is 4.57 Å². The van der Waals surface area contributed by atoms with Crippen molar-refractivity contribution in [1.29, 1.82) is 0 Å². The highest BCUT2D eigenvalue weighted by molar-refractivity contribution is 6.32. The number of rotatable bonds is 8. The summed E-state index contributed by atoms with van der Waals surface area (Å²) in [6.45, 7) is 5.07. The molecule has 0 fully saturated rings. The van der Waals surface area contributed by atoms with Crippen LogP contribution in [0.5, 0.6) is 5.75 Å². The molecule has 3 rings (SSSR count). The Bertz CT molecular complexity index is 957. The van der Waals surface area contributed by atoms with E-state index in [0.29, 0.717) is 17.3 Å². The monoisotopic (exact) mass is 399 g/mol. The Kier molecular flexibility index (Phi) is 6.61. The number of hydrogen-bond donors (Lipinski definition) is 0. The molecule has 5 nitrogen and oxygen atoms in total. The minimum absolute atomic E-state index is 0.145. The van der Waals surface area contributed by atoms with Crippen LogP contribution in [0.4, 0.5) is 0 Å². The first-order chi connectivity index (χ1) is 13.5. The average molecular weight is 400 g/mol. The second-order valence-corrected chi connectivity index (χ2v) is 6.68. The van der Waals surface area contributed by atoms with Crippen molar-refractivity contribution >= 4 is 23.6 Å². The quantitative estimate of drug-likeness (QED) is 0.302. The van der Waals surface area contributed by atoms with Crippen molar-refractivity contribution in [3.05, 3.63) is 82.5 Å². The molecule has 0 atom stereocenters. The van der Waals surface area contributed by atoms with Crippen LogP contribution in [0.3, 0.4) is 0 Å². The summed E-state index contributed by atoms with van der Waals surface area (Å²) in [6.07, 6.45) is 4.85. The van der Waals surface area contributed by atoms with Crippen LogP contribution in [0, 0.1) is 13.8 Å². The first-order valence-electron chi connectivity index (χ1n) is 8.96. The molecule has 28 heavy (non-hydrogen) atoms. The molecule has 146 valence electrons. The van der Waals surface area contributed by atoms with Gasteiger partial charge in [-0.05, 0) is 55.8 Å². The third kappa shape index (κ3) is 5.08. The molecule has 0 aliphatic carbocycles. The summed E-state index contributed by atoms with van der Waals surface area (Å²) in [5.74, 6) is 1.04. The van der Waals surface area contributed by atoms with Gasteiger partial charge in [0.15, 0.2) is 0 Å². The van der Waals surface area contributed by atoms with Crippen molar-refractivity contribution < 1.29 is 18.7 Å². The number of aromatic nitrogens is 1. The van der Waals surface area contributed by atoms with Gasteiger partial charge in [0.05, 0.1) is 17.8 Å². The van der Waals surface area contributed by atoms with Crippen LogP contribution in [0.25, 0.3) is 6.08 Å². The maximum Gasteiger partial charge on any atom is 0.330 e. The first kappa shape index (κ1) is 19.8. The Morgan fingerprint density at radius 1 is 1.18 bits per heavy atom. The Balaban J connectivity index is 1.51. The lowest BCUT2D eigenvalue weighted by Crippen LogP contribution is -2.10. The van der Waals surface area contributed by atoms with Crippen molar-refractivity contribution in [3.63, 3.8) is 0 Å². The van der Waals surface area contributed by atoms with Crippen molar-refractivity contribution in [2.75, 3.05) is 13.2 Å². The SMILES string of the molecule is Cc1cc(/C=C/C(=O)OCCOc2ccccc2Cl)c(C)n1Cc1ccco1. The molecule has 0 spiro atoms. The number of carbonyl (C=O) groups excluding carboxylic acids is 1. The van der Waals surface area contributed by atoms with Gasteiger partial charge in [0.1, 0.15) is 24.7 Å². The van der Waals surface area contributed by atoms with Gasteiger partial charge in [0, 0.05) is 17.5 Å².